The van der Waals surface area contributed by atoms with Crippen LogP contribution in [0.15, 0.2) is 24.3 Å². The molecule has 5 atom stereocenters. The largest absolute Gasteiger partial charge is 0.337 e. The van der Waals surface area contributed by atoms with Gasteiger partial charge in [0, 0.05) is 24.3 Å². The molecule has 5 aliphatic heterocycles. The maximum atomic E-state index is 13.7. The molecule has 1 unspecified atom stereocenters. The van der Waals surface area contributed by atoms with E-state index in [2.05, 4.69) is 9.80 Å². The highest BCUT2D eigenvalue weighted by atomic mass is 16.2. The number of hydrogen-bond acceptors (Lipinski definition) is 3. The van der Waals surface area contributed by atoms with Gasteiger partial charge in [0.15, 0.2) is 0 Å². The van der Waals surface area contributed by atoms with Crippen LogP contribution in [0.3, 0.4) is 0 Å². The van der Waals surface area contributed by atoms with Gasteiger partial charge in [-0.1, -0.05) is 18.2 Å². The Labute approximate surface area is 166 Å². The number of benzene rings is 1. The number of carbonyl (C=O) groups excluding carboxylic acids is 2. The van der Waals surface area contributed by atoms with Gasteiger partial charge in [0.05, 0.1) is 6.42 Å². The first-order valence-electron chi connectivity index (χ1n) is 11.2. The average Bonchev–Trinajstić information content (AvgIpc) is 3.05. The molecule has 0 N–H and O–H groups in total. The SMILES string of the molecule is O=C1Cc2ccccc2N1C1CC[C@@H]2[C@H]3CCCN4CCC[C@@H](CN2C1=O)[C@@H]34. The zero-order chi connectivity index (χ0) is 18.8. The highest BCUT2D eigenvalue weighted by Crippen LogP contribution is 2.46. The van der Waals surface area contributed by atoms with Crippen LogP contribution < -0.4 is 4.90 Å². The third-order valence-corrected chi connectivity index (χ3v) is 8.15. The topological polar surface area (TPSA) is 43.9 Å². The molecule has 2 amide bonds. The number of anilines is 1. The summed E-state index contributed by atoms with van der Waals surface area (Å²) in [6, 6.07) is 8.77. The minimum Gasteiger partial charge on any atom is -0.337 e. The Morgan fingerprint density at radius 1 is 0.929 bits per heavy atom. The molecule has 6 rings (SSSR count). The first-order chi connectivity index (χ1) is 13.7. The Bertz CT molecular complexity index is 822. The van der Waals surface area contributed by atoms with Crippen molar-refractivity contribution < 1.29 is 9.59 Å². The molecule has 5 aliphatic rings. The van der Waals surface area contributed by atoms with E-state index in [0.717, 1.165) is 30.6 Å². The van der Waals surface area contributed by atoms with E-state index >= 15 is 0 Å². The number of para-hydroxylation sites is 1. The lowest BCUT2D eigenvalue weighted by Crippen LogP contribution is -2.69. The van der Waals surface area contributed by atoms with Gasteiger partial charge in [0.2, 0.25) is 11.8 Å². The van der Waals surface area contributed by atoms with E-state index in [1.807, 2.05) is 29.2 Å². The molecular formula is C23H29N3O2. The number of fused-ring (bicyclic) bond motifs is 3. The zero-order valence-electron chi connectivity index (χ0n) is 16.4. The minimum atomic E-state index is -0.299. The fourth-order valence-electron chi connectivity index (χ4n) is 7.12. The van der Waals surface area contributed by atoms with Crippen LogP contribution in [-0.4, -0.2) is 59.4 Å². The summed E-state index contributed by atoms with van der Waals surface area (Å²) in [6.45, 7) is 3.40. The van der Waals surface area contributed by atoms with E-state index in [1.165, 1.54) is 38.8 Å². The molecule has 0 spiro atoms. The normalized spacial score (nSPS) is 37.5. The minimum absolute atomic E-state index is 0.0920. The van der Waals surface area contributed by atoms with Gasteiger partial charge in [-0.2, -0.15) is 0 Å². The maximum absolute atomic E-state index is 13.7. The van der Waals surface area contributed by atoms with Crippen molar-refractivity contribution in [2.24, 2.45) is 11.8 Å². The number of amides is 2. The van der Waals surface area contributed by atoms with Crippen molar-refractivity contribution in [3.8, 4) is 0 Å². The van der Waals surface area contributed by atoms with Crippen molar-refractivity contribution in [3.63, 3.8) is 0 Å². The molecule has 5 heteroatoms. The predicted molar refractivity (Wildman–Crippen MR) is 107 cm³/mol. The molecule has 1 aromatic rings. The quantitative estimate of drug-likeness (QED) is 0.753. The fourth-order valence-corrected chi connectivity index (χ4v) is 7.12. The molecule has 28 heavy (non-hydrogen) atoms. The van der Waals surface area contributed by atoms with Gasteiger partial charge in [0.25, 0.3) is 0 Å². The van der Waals surface area contributed by atoms with Gasteiger partial charge in [-0.05, 0) is 75.1 Å². The van der Waals surface area contributed by atoms with Crippen LogP contribution in [0.4, 0.5) is 5.69 Å². The number of hydrogen-bond donors (Lipinski definition) is 0. The average molecular weight is 380 g/mol. The number of rotatable bonds is 1. The summed E-state index contributed by atoms with van der Waals surface area (Å²) in [7, 11) is 0. The fraction of sp³-hybridized carbons (Fsp3) is 0.652. The molecule has 1 aromatic carbocycles. The Hall–Kier alpha value is -1.88. The van der Waals surface area contributed by atoms with E-state index in [0.29, 0.717) is 30.3 Å². The predicted octanol–water partition coefficient (Wildman–Crippen LogP) is 2.44. The molecule has 148 valence electrons. The molecule has 5 heterocycles. The molecule has 0 aliphatic carbocycles. The Kier molecular flexibility index (Phi) is 3.84. The van der Waals surface area contributed by atoms with Crippen LogP contribution in [0.1, 0.15) is 44.1 Å². The van der Waals surface area contributed by atoms with Crippen LogP contribution in [0.25, 0.3) is 0 Å². The van der Waals surface area contributed by atoms with Crippen molar-refractivity contribution in [3.05, 3.63) is 29.8 Å². The Morgan fingerprint density at radius 3 is 2.64 bits per heavy atom. The van der Waals surface area contributed by atoms with Gasteiger partial charge in [-0.3, -0.25) is 19.4 Å². The second-order valence-corrected chi connectivity index (χ2v) is 9.46. The molecule has 0 saturated carbocycles. The third kappa shape index (κ3) is 2.35. The van der Waals surface area contributed by atoms with Crippen LogP contribution in [0.5, 0.6) is 0 Å². The van der Waals surface area contributed by atoms with Crippen LogP contribution in [-0.2, 0) is 16.0 Å². The zero-order valence-corrected chi connectivity index (χ0v) is 16.4. The van der Waals surface area contributed by atoms with E-state index < -0.39 is 0 Å². The molecule has 4 saturated heterocycles. The summed E-state index contributed by atoms with van der Waals surface area (Å²) in [5.74, 6) is 1.57. The molecule has 4 fully saturated rings. The summed E-state index contributed by atoms with van der Waals surface area (Å²) >= 11 is 0. The van der Waals surface area contributed by atoms with Crippen LogP contribution >= 0.6 is 0 Å². The Morgan fingerprint density at radius 2 is 1.75 bits per heavy atom. The van der Waals surface area contributed by atoms with Crippen LogP contribution in [0.2, 0.25) is 0 Å². The summed E-state index contributed by atoms with van der Waals surface area (Å²) in [4.78, 5) is 33.2. The number of carbonyl (C=O) groups is 2. The van der Waals surface area contributed by atoms with Crippen molar-refractivity contribution in [2.75, 3.05) is 24.5 Å². The van der Waals surface area contributed by atoms with E-state index in [-0.39, 0.29) is 17.9 Å². The first-order valence-corrected chi connectivity index (χ1v) is 11.2. The van der Waals surface area contributed by atoms with E-state index in [9.17, 15) is 9.59 Å². The highest BCUT2D eigenvalue weighted by Gasteiger charge is 2.53. The second kappa shape index (κ2) is 6.31. The molecule has 0 radical (unpaired) electrons. The van der Waals surface area contributed by atoms with Crippen LogP contribution in [0, 0.1) is 11.8 Å². The van der Waals surface area contributed by atoms with Gasteiger partial charge < -0.3 is 4.90 Å². The van der Waals surface area contributed by atoms with E-state index in [4.69, 9.17) is 0 Å². The lowest BCUT2D eigenvalue weighted by atomic mass is 9.67. The lowest BCUT2D eigenvalue weighted by molar-refractivity contribution is -0.153. The first kappa shape index (κ1) is 17.0. The standard InChI is InChI=1S/C23H29N3O2/c27-21-13-15-5-1-2-8-18(15)26(21)20-10-9-19-17-7-4-12-24-11-3-6-16(22(17)24)14-25(19)23(20)28/h1-2,5,8,16-17,19-20,22H,3-4,6-7,9-14H2/t16-,17+,19+,20?,22-/m0/s1. The lowest BCUT2D eigenvalue weighted by Gasteiger charge is -2.59. The van der Waals surface area contributed by atoms with E-state index in [1.54, 1.807) is 0 Å². The Balaban J connectivity index is 1.30. The van der Waals surface area contributed by atoms with Gasteiger partial charge in [-0.15, -0.1) is 0 Å². The molecule has 5 nitrogen and oxygen atoms in total. The number of nitrogens with zero attached hydrogens (tertiary/aromatic N) is 3. The van der Waals surface area contributed by atoms with Gasteiger partial charge in [0.1, 0.15) is 6.04 Å². The third-order valence-electron chi connectivity index (χ3n) is 8.15. The van der Waals surface area contributed by atoms with Gasteiger partial charge >= 0.3 is 0 Å². The molecular weight excluding hydrogens is 350 g/mol. The van der Waals surface area contributed by atoms with Crippen molar-refractivity contribution in [2.45, 2.75) is 63.1 Å². The summed E-state index contributed by atoms with van der Waals surface area (Å²) in [6.07, 6.45) is 7.35. The number of piperidine rings is 4. The van der Waals surface area contributed by atoms with Crippen molar-refractivity contribution in [1.29, 1.82) is 0 Å². The monoisotopic (exact) mass is 379 g/mol. The summed E-state index contributed by atoms with van der Waals surface area (Å²) < 4.78 is 0. The maximum Gasteiger partial charge on any atom is 0.246 e. The van der Waals surface area contributed by atoms with Crippen molar-refractivity contribution in [1.82, 2.24) is 9.80 Å². The van der Waals surface area contributed by atoms with Crippen molar-refractivity contribution >= 4 is 17.5 Å². The summed E-state index contributed by atoms with van der Waals surface area (Å²) in [5.41, 5.74) is 2.03. The smallest absolute Gasteiger partial charge is 0.246 e. The summed E-state index contributed by atoms with van der Waals surface area (Å²) in [5, 5.41) is 0. The molecule has 0 aromatic heterocycles. The van der Waals surface area contributed by atoms with Gasteiger partial charge in [-0.25, -0.2) is 0 Å². The highest BCUT2D eigenvalue weighted by molar-refractivity contribution is 6.06. The molecule has 0 bridgehead atoms. The second-order valence-electron chi connectivity index (χ2n) is 9.46.